The highest BCUT2D eigenvalue weighted by molar-refractivity contribution is 5.93. The Bertz CT molecular complexity index is 635. The third-order valence-electron chi connectivity index (χ3n) is 4.19. The summed E-state index contributed by atoms with van der Waals surface area (Å²) >= 11 is 0. The standard InChI is InChI=1S/C17H22N4O3/c1-13(17(23)19-15-5-3-4-14(10-15)11-18)20(2)12-16(22)21-6-8-24-9-7-21/h3-5,10,13H,6-9,12H2,1-2H3,(H,19,23)/p+1/t13-/m0/s1. The SMILES string of the molecule is C[C@@H](C(=O)Nc1cccc(C#N)c1)[NH+](C)CC(=O)N1CCOCC1. The highest BCUT2D eigenvalue weighted by Gasteiger charge is 2.27. The lowest BCUT2D eigenvalue weighted by atomic mass is 10.2. The van der Waals surface area contributed by atoms with Gasteiger partial charge in [-0.3, -0.25) is 9.59 Å². The minimum absolute atomic E-state index is 0.0296. The summed E-state index contributed by atoms with van der Waals surface area (Å²) in [6, 6.07) is 8.41. The van der Waals surface area contributed by atoms with Crippen LogP contribution in [0.1, 0.15) is 12.5 Å². The van der Waals surface area contributed by atoms with Gasteiger partial charge in [0.15, 0.2) is 12.6 Å². The molecule has 7 nitrogen and oxygen atoms in total. The molecule has 1 saturated heterocycles. The molecule has 0 spiro atoms. The first-order valence-electron chi connectivity index (χ1n) is 8.00. The van der Waals surface area contributed by atoms with Crippen molar-refractivity contribution in [3.8, 4) is 6.07 Å². The topological polar surface area (TPSA) is 86.9 Å². The molecule has 2 amide bonds. The molecular weight excluding hydrogens is 308 g/mol. The number of nitriles is 1. The average Bonchev–Trinajstić information content (AvgIpc) is 2.61. The quantitative estimate of drug-likeness (QED) is 0.744. The number of likely N-dealkylation sites (N-methyl/N-ethyl adjacent to an activating group) is 1. The van der Waals surface area contributed by atoms with Crippen LogP contribution in [0.5, 0.6) is 0 Å². The van der Waals surface area contributed by atoms with Gasteiger partial charge in [0.1, 0.15) is 0 Å². The van der Waals surface area contributed by atoms with Gasteiger partial charge < -0.3 is 19.9 Å². The Balaban J connectivity index is 1.89. The van der Waals surface area contributed by atoms with Crippen molar-refractivity contribution >= 4 is 17.5 Å². The van der Waals surface area contributed by atoms with Crippen LogP contribution in [-0.2, 0) is 14.3 Å². The highest BCUT2D eigenvalue weighted by Crippen LogP contribution is 2.09. The molecule has 7 heteroatoms. The van der Waals surface area contributed by atoms with Gasteiger partial charge in [0.25, 0.3) is 11.8 Å². The summed E-state index contributed by atoms with van der Waals surface area (Å²) in [5.74, 6) is -0.153. The van der Waals surface area contributed by atoms with E-state index in [1.807, 2.05) is 13.1 Å². The predicted molar refractivity (Wildman–Crippen MR) is 88.4 cm³/mol. The van der Waals surface area contributed by atoms with Crippen molar-refractivity contribution in [1.29, 1.82) is 5.26 Å². The van der Waals surface area contributed by atoms with Gasteiger partial charge in [0.05, 0.1) is 31.9 Å². The van der Waals surface area contributed by atoms with Gasteiger partial charge in [-0.2, -0.15) is 5.26 Å². The van der Waals surface area contributed by atoms with Crippen molar-refractivity contribution in [2.45, 2.75) is 13.0 Å². The van der Waals surface area contributed by atoms with Gasteiger partial charge in [-0.05, 0) is 25.1 Å². The largest absolute Gasteiger partial charge is 0.378 e. The molecule has 1 unspecified atom stereocenters. The van der Waals surface area contributed by atoms with E-state index in [1.54, 1.807) is 36.1 Å². The van der Waals surface area contributed by atoms with Crippen molar-refractivity contribution in [1.82, 2.24) is 4.90 Å². The molecule has 1 aliphatic heterocycles. The van der Waals surface area contributed by atoms with Crippen molar-refractivity contribution in [3.05, 3.63) is 29.8 Å². The van der Waals surface area contributed by atoms with E-state index in [-0.39, 0.29) is 24.4 Å². The number of benzene rings is 1. The molecule has 1 heterocycles. The van der Waals surface area contributed by atoms with Crippen molar-refractivity contribution in [2.75, 3.05) is 45.2 Å². The Kier molecular flexibility index (Phi) is 6.29. The van der Waals surface area contributed by atoms with Gasteiger partial charge in [-0.1, -0.05) is 6.07 Å². The molecule has 1 aliphatic rings. The Morgan fingerprint density at radius 2 is 2.12 bits per heavy atom. The van der Waals surface area contributed by atoms with Crippen LogP contribution in [-0.4, -0.2) is 62.7 Å². The number of quaternary nitrogens is 1. The second kappa shape index (κ2) is 8.43. The van der Waals surface area contributed by atoms with Crippen molar-refractivity contribution in [2.24, 2.45) is 0 Å². The van der Waals surface area contributed by atoms with Crippen LogP contribution in [0.4, 0.5) is 5.69 Å². The molecule has 1 fully saturated rings. The first kappa shape index (κ1) is 17.9. The Labute approximate surface area is 141 Å². The van der Waals surface area contributed by atoms with Crippen LogP contribution < -0.4 is 10.2 Å². The number of nitrogens with one attached hydrogen (secondary N) is 2. The monoisotopic (exact) mass is 331 g/mol. The number of carbonyl (C=O) groups is 2. The summed E-state index contributed by atoms with van der Waals surface area (Å²) in [5, 5.41) is 11.7. The lowest BCUT2D eigenvalue weighted by molar-refractivity contribution is -0.886. The fraction of sp³-hybridized carbons (Fsp3) is 0.471. The van der Waals surface area contributed by atoms with Crippen molar-refractivity contribution < 1.29 is 19.2 Å². The number of carbonyl (C=O) groups excluding carboxylic acids is 2. The molecule has 0 bridgehead atoms. The minimum atomic E-state index is -0.388. The van der Waals surface area contributed by atoms with E-state index in [0.717, 1.165) is 4.90 Å². The maximum absolute atomic E-state index is 12.4. The molecule has 1 aromatic rings. The van der Waals surface area contributed by atoms with Gasteiger partial charge in [0.2, 0.25) is 0 Å². The van der Waals surface area contributed by atoms with E-state index < -0.39 is 0 Å². The third kappa shape index (κ3) is 4.78. The molecule has 1 aromatic carbocycles. The fourth-order valence-electron chi connectivity index (χ4n) is 2.46. The number of nitrogens with zero attached hydrogens (tertiary/aromatic N) is 2. The van der Waals surface area contributed by atoms with Crippen molar-refractivity contribution in [3.63, 3.8) is 0 Å². The molecule has 0 aliphatic carbocycles. The van der Waals surface area contributed by atoms with Gasteiger partial charge in [-0.25, -0.2) is 0 Å². The lowest BCUT2D eigenvalue weighted by Gasteiger charge is -2.28. The number of hydrogen-bond acceptors (Lipinski definition) is 4. The normalized spacial score (nSPS) is 16.8. The van der Waals surface area contributed by atoms with E-state index in [9.17, 15) is 9.59 Å². The minimum Gasteiger partial charge on any atom is -0.378 e. The van der Waals surface area contributed by atoms with Crippen LogP contribution in [0.3, 0.4) is 0 Å². The third-order valence-corrected chi connectivity index (χ3v) is 4.19. The number of ether oxygens (including phenoxy) is 1. The molecule has 2 N–H and O–H groups in total. The molecule has 128 valence electrons. The second-order valence-electron chi connectivity index (χ2n) is 5.92. The van der Waals surface area contributed by atoms with E-state index in [2.05, 4.69) is 5.32 Å². The van der Waals surface area contributed by atoms with Crippen LogP contribution >= 0.6 is 0 Å². The summed E-state index contributed by atoms with van der Waals surface area (Å²) in [4.78, 5) is 27.2. The van der Waals surface area contributed by atoms with E-state index in [1.165, 1.54) is 0 Å². The molecule has 24 heavy (non-hydrogen) atoms. The molecule has 0 aromatic heterocycles. The van der Waals surface area contributed by atoms with E-state index in [4.69, 9.17) is 10.00 Å². The number of anilines is 1. The maximum Gasteiger partial charge on any atom is 0.282 e. The Morgan fingerprint density at radius 1 is 1.42 bits per heavy atom. The highest BCUT2D eigenvalue weighted by atomic mass is 16.5. The maximum atomic E-state index is 12.4. The summed E-state index contributed by atoms with van der Waals surface area (Å²) in [5.41, 5.74) is 1.07. The second-order valence-corrected chi connectivity index (χ2v) is 5.92. The molecule has 2 rings (SSSR count). The number of hydrogen-bond donors (Lipinski definition) is 2. The van der Waals surface area contributed by atoms with Crippen LogP contribution in [0.2, 0.25) is 0 Å². The van der Waals surface area contributed by atoms with Gasteiger partial charge >= 0.3 is 0 Å². The van der Waals surface area contributed by atoms with Gasteiger partial charge in [0, 0.05) is 18.8 Å². The van der Waals surface area contributed by atoms with Crippen LogP contribution in [0.15, 0.2) is 24.3 Å². The first-order valence-corrected chi connectivity index (χ1v) is 8.00. The molecule has 0 radical (unpaired) electrons. The zero-order valence-corrected chi connectivity index (χ0v) is 14.0. The Hall–Kier alpha value is -2.43. The first-order chi connectivity index (χ1) is 11.5. The van der Waals surface area contributed by atoms with E-state index in [0.29, 0.717) is 37.6 Å². The van der Waals surface area contributed by atoms with Crippen LogP contribution in [0.25, 0.3) is 0 Å². The summed E-state index contributed by atoms with van der Waals surface area (Å²) in [6.45, 7) is 4.38. The fourth-order valence-corrected chi connectivity index (χ4v) is 2.46. The summed E-state index contributed by atoms with van der Waals surface area (Å²) in [6.07, 6.45) is 0. The number of amides is 2. The van der Waals surface area contributed by atoms with Crippen LogP contribution in [0, 0.1) is 11.3 Å². The number of morpholine rings is 1. The smallest absolute Gasteiger partial charge is 0.282 e. The summed E-state index contributed by atoms with van der Waals surface area (Å²) in [7, 11) is 1.83. The number of rotatable bonds is 5. The van der Waals surface area contributed by atoms with Gasteiger partial charge in [-0.15, -0.1) is 0 Å². The van der Waals surface area contributed by atoms with E-state index >= 15 is 0 Å². The zero-order valence-electron chi connectivity index (χ0n) is 14.0. The Morgan fingerprint density at radius 3 is 2.79 bits per heavy atom. The average molecular weight is 331 g/mol. The molecule has 0 saturated carbocycles. The summed E-state index contributed by atoms with van der Waals surface area (Å²) < 4.78 is 5.24. The molecular formula is C17H23N4O3+. The molecule has 2 atom stereocenters. The predicted octanol–water partition coefficient (Wildman–Crippen LogP) is -0.741. The lowest BCUT2D eigenvalue weighted by Crippen LogP contribution is -3.15. The zero-order chi connectivity index (χ0) is 17.5.